The summed E-state index contributed by atoms with van der Waals surface area (Å²) in [7, 11) is 8.04. The van der Waals surface area contributed by atoms with Crippen LogP contribution in [0.5, 0.6) is 0 Å². The number of nitrogens with one attached hydrogen (secondary N) is 1. The lowest BCUT2D eigenvalue weighted by Crippen LogP contribution is -2.57. The van der Waals surface area contributed by atoms with Crippen molar-refractivity contribution in [2.45, 2.75) is 50.2 Å². The Labute approximate surface area is 147 Å². The van der Waals surface area contributed by atoms with E-state index in [1.807, 2.05) is 7.05 Å². The molecule has 0 bridgehead atoms. The van der Waals surface area contributed by atoms with Gasteiger partial charge in [0.05, 0.1) is 19.3 Å². The lowest BCUT2D eigenvalue weighted by molar-refractivity contribution is -0.0448. The monoisotopic (exact) mass is 340 g/mol. The fourth-order valence-electron chi connectivity index (χ4n) is 3.94. The van der Waals surface area contributed by atoms with E-state index in [9.17, 15) is 0 Å². The summed E-state index contributed by atoms with van der Waals surface area (Å²) < 4.78 is 11.0. The predicted octanol–water partition coefficient (Wildman–Crippen LogP) is 1.56. The molecule has 1 heterocycles. The Balaban J connectivity index is 1.96. The summed E-state index contributed by atoms with van der Waals surface area (Å²) in [4.78, 5) is 9.24. The van der Waals surface area contributed by atoms with Crippen molar-refractivity contribution in [2.24, 2.45) is 4.99 Å². The fourth-order valence-corrected chi connectivity index (χ4v) is 3.94. The van der Waals surface area contributed by atoms with Crippen molar-refractivity contribution in [3.05, 3.63) is 0 Å². The molecule has 1 N–H and O–H groups in total. The van der Waals surface area contributed by atoms with Crippen molar-refractivity contribution in [2.75, 3.05) is 61.1 Å². The van der Waals surface area contributed by atoms with Gasteiger partial charge in [-0.3, -0.25) is 4.99 Å². The van der Waals surface area contributed by atoms with E-state index >= 15 is 0 Å². The van der Waals surface area contributed by atoms with Crippen LogP contribution in [0.3, 0.4) is 0 Å². The molecule has 140 valence electrons. The SMILES string of the molecule is CN=C(NCC1(N(C)C)CCCCCC1)N1CCOC(COC)C1. The Bertz CT molecular complexity index is 390. The quantitative estimate of drug-likeness (QED) is 0.468. The van der Waals surface area contributed by atoms with Gasteiger partial charge in [0.1, 0.15) is 0 Å². The largest absolute Gasteiger partial charge is 0.382 e. The molecule has 0 radical (unpaired) electrons. The Kier molecular flexibility index (Phi) is 7.78. The third-order valence-corrected chi connectivity index (χ3v) is 5.56. The average molecular weight is 341 g/mol. The van der Waals surface area contributed by atoms with Crippen LogP contribution < -0.4 is 5.32 Å². The first-order valence-electron chi connectivity index (χ1n) is 9.35. The van der Waals surface area contributed by atoms with E-state index in [0.29, 0.717) is 6.61 Å². The zero-order valence-electron chi connectivity index (χ0n) is 16.0. The number of morpholine rings is 1. The number of methoxy groups -OCH3 is 1. The predicted molar refractivity (Wildman–Crippen MR) is 98.7 cm³/mol. The molecule has 24 heavy (non-hydrogen) atoms. The summed E-state index contributed by atoms with van der Waals surface area (Å²) >= 11 is 0. The van der Waals surface area contributed by atoms with Crippen LogP contribution in [0.1, 0.15) is 38.5 Å². The Morgan fingerprint density at radius 1 is 1.29 bits per heavy atom. The molecule has 0 spiro atoms. The van der Waals surface area contributed by atoms with Gasteiger partial charge in [-0.2, -0.15) is 0 Å². The summed E-state index contributed by atoms with van der Waals surface area (Å²) in [5.41, 5.74) is 0.241. The van der Waals surface area contributed by atoms with Gasteiger partial charge in [-0.05, 0) is 26.9 Å². The molecule has 6 nitrogen and oxygen atoms in total. The molecule has 1 saturated carbocycles. The van der Waals surface area contributed by atoms with Crippen LogP contribution in [-0.2, 0) is 9.47 Å². The number of nitrogens with zero attached hydrogens (tertiary/aromatic N) is 3. The third-order valence-electron chi connectivity index (χ3n) is 5.56. The Morgan fingerprint density at radius 3 is 2.58 bits per heavy atom. The molecule has 1 unspecified atom stereocenters. The summed E-state index contributed by atoms with van der Waals surface area (Å²) in [5.74, 6) is 0.991. The maximum Gasteiger partial charge on any atom is 0.193 e. The van der Waals surface area contributed by atoms with E-state index in [2.05, 4.69) is 34.2 Å². The normalized spacial score (nSPS) is 25.6. The van der Waals surface area contributed by atoms with Crippen molar-refractivity contribution >= 4 is 5.96 Å². The average Bonchev–Trinajstić information content (AvgIpc) is 2.83. The number of likely N-dealkylation sites (N-methyl/N-ethyl adjacent to an activating group) is 1. The smallest absolute Gasteiger partial charge is 0.193 e. The lowest BCUT2D eigenvalue weighted by Gasteiger charge is -2.41. The molecule has 0 amide bonds. The van der Waals surface area contributed by atoms with Crippen molar-refractivity contribution in [1.82, 2.24) is 15.1 Å². The van der Waals surface area contributed by atoms with Crippen LogP contribution in [0.25, 0.3) is 0 Å². The van der Waals surface area contributed by atoms with Crippen molar-refractivity contribution < 1.29 is 9.47 Å². The van der Waals surface area contributed by atoms with Crippen molar-refractivity contribution in [1.29, 1.82) is 0 Å². The number of hydrogen-bond acceptors (Lipinski definition) is 4. The molecule has 0 aromatic rings. The van der Waals surface area contributed by atoms with Crippen molar-refractivity contribution in [3.63, 3.8) is 0 Å². The van der Waals surface area contributed by atoms with E-state index < -0.39 is 0 Å². The first-order chi connectivity index (χ1) is 11.6. The van der Waals surface area contributed by atoms with E-state index in [-0.39, 0.29) is 11.6 Å². The molecule has 0 aromatic heterocycles. The first kappa shape index (κ1) is 19.5. The molecule has 1 aliphatic carbocycles. The Hall–Kier alpha value is -0.850. The van der Waals surface area contributed by atoms with E-state index in [0.717, 1.165) is 32.2 Å². The van der Waals surface area contributed by atoms with E-state index in [4.69, 9.17) is 9.47 Å². The van der Waals surface area contributed by atoms with Crippen LogP contribution in [0, 0.1) is 0 Å². The van der Waals surface area contributed by atoms with Gasteiger partial charge < -0.3 is 24.6 Å². The molecular weight excluding hydrogens is 304 g/mol. The minimum absolute atomic E-state index is 0.128. The minimum atomic E-state index is 0.128. The highest BCUT2D eigenvalue weighted by Gasteiger charge is 2.34. The van der Waals surface area contributed by atoms with Gasteiger partial charge in [0.2, 0.25) is 0 Å². The van der Waals surface area contributed by atoms with Crippen LogP contribution in [0.4, 0.5) is 0 Å². The maximum absolute atomic E-state index is 5.75. The zero-order valence-corrected chi connectivity index (χ0v) is 16.0. The highest BCUT2D eigenvalue weighted by atomic mass is 16.5. The summed E-state index contributed by atoms with van der Waals surface area (Å²) in [5, 5.41) is 3.66. The van der Waals surface area contributed by atoms with Gasteiger partial charge in [0.15, 0.2) is 5.96 Å². The van der Waals surface area contributed by atoms with Gasteiger partial charge in [-0.25, -0.2) is 0 Å². The molecule has 2 fully saturated rings. The second kappa shape index (κ2) is 9.59. The highest BCUT2D eigenvalue weighted by Crippen LogP contribution is 2.30. The Morgan fingerprint density at radius 2 is 2.00 bits per heavy atom. The summed E-state index contributed by atoms with van der Waals surface area (Å²) in [6.45, 7) is 4.04. The molecule has 1 aliphatic heterocycles. The molecule has 0 aromatic carbocycles. The standard InChI is InChI=1S/C18H36N4O2/c1-19-17(22-11-12-24-16(13-22)14-23-4)20-15-18(21(2)3)9-7-5-6-8-10-18/h16H,5-15H2,1-4H3,(H,19,20). The number of aliphatic imine (C=N–C) groups is 1. The highest BCUT2D eigenvalue weighted by molar-refractivity contribution is 5.80. The second-order valence-corrected chi connectivity index (χ2v) is 7.33. The first-order valence-corrected chi connectivity index (χ1v) is 9.35. The number of ether oxygens (including phenoxy) is 2. The van der Waals surface area contributed by atoms with Gasteiger partial charge in [-0.1, -0.05) is 25.7 Å². The molecule has 1 atom stereocenters. The van der Waals surface area contributed by atoms with E-state index in [1.54, 1.807) is 7.11 Å². The zero-order chi connectivity index (χ0) is 17.4. The molecule has 6 heteroatoms. The number of rotatable bonds is 5. The lowest BCUT2D eigenvalue weighted by atomic mass is 9.88. The number of guanidine groups is 1. The third kappa shape index (κ3) is 5.07. The van der Waals surface area contributed by atoms with Gasteiger partial charge in [0.25, 0.3) is 0 Å². The van der Waals surface area contributed by atoms with Crippen LogP contribution in [-0.4, -0.2) is 88.5 Å². The van der Waals surface area contributed by atoms with Crippen molar-refractivity contribution in [3.8, 4) is 0 Å². The van der Waals surface area contributed by atoms with E-state index in [1.165, 1.54) is 38.5 Å². The van der Waals surface area contributed by atoms with Crippen LogP contribution in [0.2, 0.25) is 0 Å². The topological polar surface area (TPSA) is 49.3 Å². The number of hydrogen-bond donors (Lipinski definition) is 1. The summed E-state index contributed by atoms with van der Waals surface area (Å²) in [6.07, 6.45) is 8.04. The maximum atomic E-state index is 5.75. The van der Waals surface area contributed by atoms with Crippen LogP contribution >= 0.6 is 0 Å². The minimum Gasteiger partial charge on any atom is -0.382 e. The molecular formula is C18H36N4O2. The van der Waals surface area contributed by atoms with Gasteiger partial charge >= 0.3 is 0 Å². The van der Waals surface area contributed by atoms with Crippen LogP contribution in [0.15, 0.2) is 4.99 Å². The fraction of sp³-hybridized carbons (Fsp3) is 0.944. The molecule has 2 aliphatic rings. The van der Waals surface area contributed by atoms with Gasteiger partial charge in [-0.15, -0.1) is 0 Å². The second-order valence-electron chi connectivity index (χ2n) is 7.33. The van der Waals surface area contributed by atoms with Gasteiger partial charge in [0, 0.05) is 39.3 Å². The molecule has 2 rings (SSSR count). The summed E-state index contributed by atoms with van der Waals surface area (Å²) in [6, 6.07) is 0. The molecule has 1 saturated heterocycles.